The molecule has 0 heteroatoms. The van der Waals surface area contributed by atoms with E-state index in [0.29, 0.717) is 5.41 Å². The number of hydrogen-bond acceptors (Lipinski definition) is 0. The molecule has 0 aromatic carbocycles. The van der Waals surface area contributed by atoms with Gasteiger partial charge in [0.15, 0.2) is 0 Å². The number of fused-ring (bicyclic) bond motifs is 2. The van der Waals surface area contributed by atoms with E-state index in [1.165, 1.54) is 44.9 Å². The largest absolute Gasteiger partial charge is 0.106 e. The Bertz CT molecular complexity index is 383. The summed E-state index contributed by atoms with van der Waals surface area (Å²) in [5.41, 5.74) is 3.66. The van der Waals surface area contributed by atoms with Crippen molar-refractivity contribution in [2.24, 2.45) is 17.3 Å². The van der Waals surface area contributed by atoms with Crippen molar-refractivity contribution in [2.45, 2.75) is 79.6 Å². The van der Waals surface area contributed by atoms with Gasteiger partial charge in [-0.05, 0) is 58.3 Å². The maximum Gasteiger partial charge on any atom is 0.106 e. The second-order valence-corrected chi connectivity index (χ2v) is 7.87. The number of hydrogen-bond donors (Lipinski definition) is 0. The van der Waals surface area contributed by atoms with Gasteiger partial charge in [0.2, 0.25) is 0 Å². The van der Waals surface area contributed by atoms with Crippen LogP contribution in [-0.2, 0) is 0 Å². The molecule has 2 bridgehead atoms. The topological polar surface area (TPSA) is 0 Å². The van der Waals surface area contributed by atoms with Crippen molar-refractivity contribution in [3.8, 4) is 0 Å². The standard InChI is InChI=1S/C20H33/c1-15-7-6-8-16(2)10-14-19-17(3)11-13-18(12-9-15)20(19,4)5/h8-9,18-19H,6-7,10-14H2,1-5H3/q+1/b15-9+,16-8+/t18-,19?/m1/s1. The lowest BCUT2D eigenvalue weighted by Gasteiger charge is -2.43. The highest BCUT2D eigenvalue weighted by molar-refractivity contribution is 5.11. The summed E-state index contributed by atoms with van der Waals surface area (Å²) in [6, 6.07) is 0. The van der Waals surface area contributed by atoms with Crippen molar-refractivity contribution in [3.63, 3.8) is 0 Å². The van der Waals surface area contributed by atoms with Crippen molar-refractivity contribution in [1.82, 2.24) is 0 Å². The van der Waals surface area contributed by atoms with Crippen LogP contribution in [0.2, 0.25) is 0 Å². The molecule has 1 unspecified atom stereocenters. The van der Waals surface area contributed by atoms with E-state index < -0.39 is 0 Å². The van der Waals surface area contributed by atoms with Gasteiger partial charge in [-0.2, -0.15) is 0 Å². The molecule has 0 heterocycles. The van der Waals surface area contributed by atoms with E-state index in [9.17, 15) is 0 Å². The summed E-state index contributed by atoms with van der Waals surface area (Å²) >= 11 is 0. The molecule has 2 aliphatic rings. The minimum Gasteiger partial charge on any atom is -0.0853 e. The summed E-state index contributed by atoms with van der Waals surface area (Å²) in [6.07, 6.45) is 14.2. The van der Waals surface area contributed by atoms with Gasteiger partial charge in [-0.15, -0.1) is 0 Å². The minimum absolute atomic E-state index is 0.471. The summed E-state index contributed by atoms with van der Waals surface area (Å²) < 4.78 is 0. The summed E-state index contributed by atoms with van der Waals surface area (Å²) in [5.74, 6) is 3.45. The van der Waals surface area contributed by atoms with Gasteiger partial charge in [0.25, 0.3) is 0 Å². The van der Waals surface area contributed by atoms with Crippen molar-refractivity contribution in [1.29, 1.82) is 0 Å². The molecule has 0 amide bonds. The van der Waals surface area contributed by atoms with Crippen LogP contribution in [0.5, 0.6) is 0 Å². The Kier molecular flexibility index (Phi) is 5.04. The first-order valence-corrected chi connectivity index (χ1v) is 8.55. The molecule has 2 aliphatic carbocycles. The van der Waals surface area contributed by atoms with Crippen molar-refractivity contribution >= 4 is 0 Å². The normalized spacial score (nSPS) is 37.0. The molecule has 2 atom stereocenters. The van der Waals surface area contributed by atoms with E-state index in [1.807, 2.05) is 0 Å². The second-order valence-electron chi connectivity index (χ2n) is 7.87. The third-order valence-corrected chi connectivity index (χ3v) is 6.04. The molecule has 0 spiro atoms. The average molecular weight is 273 g/mol. The van der Waals surface area contributed by atoms with Crippen LogP contribution < -0.4 is 0 Å². The second kappa shape index (κ2) is 6.41. The van der Waals surface area contributed by atoms with Crippen molar-refractivity contribution in [3.05, 3.63) is 29.2 Å². The number of allylic oxidation sites excluding steroid dienone is 4. The van der Waals surface area contributed by atoms with E-state index in [0.717, 1.165) is 11.8 Å². The lowest BCUT2D eigenvalue weighted by atomic mass is 9.56. The average Bonchev–Trinajstić information content (AvgIpc) is 2.36. The van der Waals surface area contributed by atoms with Gasteiger partial charge in [-0.1, -0.05) is 37.1 Å². The van der Waals surface area contributed by atoms with E-state index >= 15 is 0 Å². The third kappa shape index (κ3) is 3.51. The minimum atomic E-state index is 0.471. The van der Waals surface area contributed by atoms with Crippen LogP contribution in [0.1, 0.15) is 79.6 Å². The summed E-state index contributed by atoms with van der Waals surface area (Å²) in [7, 11) is 0. The molecule has 0 N–H and O–H groups in total. The van der Waals surface area contributed by atoms with E-state index in [2.05, 4.69) is 46.8 Å². The predicted molar refractivity (Wildman–Crippen MR) is 89.5 cm³/mol. The van der Waals surface area contributed by atoms with Gasteiger partial charge in [0, 0.05) is 5.41 Å². The maximum absolute atomic E-state index is 2.54. The molecule has 0 saturated heterocycles. The molecule has 0 radical (unpaired) electrons. The molecule has 1 fully saturated rings. The lowest BCUT2D eigenvalue weighted by Crippen LogP contribution is -2.39. The van der Waals surface area contributed by atoms with Gasteiger partial charge < -0.3 is 0 Å². The molecule has 0 nitrogen and oxygen atoms in total. The monoisotopic (exact) mass is 273 g/mol. The first-order valence-electron chi connectivity index (χ1n) is 8.55. The third-order valence-electron chi connectivity index (χ3n) is 6.04. The molecule has 1 saturated carbocycles. The predicted octanol–water partition coefficient (Wildman–Crippen LogP) is 6.49. The summed E-state index contributed by atoms with van der Waals surface area (Å²) in [4.78, 5) is 0. The Morgan fingerprint density at radius 3 is 2.50 bits per heavy atom. The molecular weight excluding hydrogens is 240 g/mol. The van der Waals surface area contributed by atoms with Crippen LogP contribution in [0, 0.1) is 23.2 Å². The lowest BCUT2D eigenvalue weighted by molar-refractivity contribution is 0.0739. The Balaban J connectivity index is 2.24. The highest BCUT2D eigenvalue weighted by Crippen LogP contribution is 2.52. The molecule has 2 rings (SSSR count). The Morgan fingerprint density at radius 2 is 1.75 bits per heavy atom. The Hall–Kier alpha value is -0.650. The van der Waals surface area contributed by atoms with E-state index in [-0.39, 0.29) is 0 Å². The molecule has 112 valence electrons. The number of rotatable bonds is 0. The van der Waals surface area contributed by atoms with Crippen LogP contribution in [0.15, 0.2) is 23.3 Å². The first kappa shape index (κ1) is 15.7. The SMILES string of the molecule is C/C1=C\C[C@@H]2CC[C+](C)C(CC/C(C)=C/CC1)C2(C)C. The maximum atomic E-state index is 2.54. The molecule has 20 heavy (non-hydrogen) atoms. The Morgan fingerprint density at radius 1 is 1.05 bits per heavy atom. The zero-order valence-corrected chi connectivity index (χ0v) is 14.3. The van der Waals surface area contributed by atoms with Gasteiger partial charge in [-0.3, -0.25) is 0 Å². The van der Waals surface area contributed by atoms with Crippen LogP contribution in [-0.4, -0.2) is 0 Å². The van der Waals surface area contributed by atoms with Gasteiger partial charge in [0.05, 0.1) is 19.3 Å². The molecular formula is C20H33+. The van der Waals surface area contributed by atoms with Gasteiger partial charge in [-0.25, -0.2) is 0 Å². The van der Waals surface area contributed by atoms with Gasteiger partial charge >= 0.3 is 0 Å². The fourth-order valence-electron chi connectivity index (χ4n) is 4.37. The fraction of sp³-hybridized carbons (Fsp3) is 0.750. The summed E-state index contributed by atoms with van der Waals surface area (Å²) in [5, 5.41) is 0. The smallest absolute Gasteiger partial charge is 0.0853 e. The highest BCUT2D eigenvalue weighted by atomic mass is 14.5. The Labute approximate surface area is 126 Å². The van der Waals surface area contributed by atoms with Crippen LogP contribution in [0.25, 0.3) is 0 Å². The quantitative estimate of drug-likeness (QED) is 0.349. The van der Waals surface area contributed by atoms with Crippen molar-refractivity contribution < 1.29 is 0 Å². The zero-order valence-electron chi connectivity index (χ0n) is 14.3. The van der Waals surface area contributed by atoms with Crippen molar-refractivity contribution in [2.75, 3.05) is 0 Å². The van der Waals surface area contributed by atoms with Crippen LogP contribution in [0.4, 0.5) is 0 Å². The van der Waals surface area contributed by atoms with Gasteiger partial charge in [0.1, 0.15) is 5.92 Å². The zero-order chi connectivity index (χ0) is 14.8. The van der Waals surface area contributed by atoms with Crippen LogP contribution >= 0.6 is 0 Å². The van der Waals surface area contributed by atoms with Crippen LogP contribution in [0.3, 0.4) is 0 Å². The first-order chi connectivity index (χ1) is 9.41. The van der Waals surface area contributed by atoms with E-state index in [4.69, 9.17) is 0 Å². The highest BCUT2D eigenvalue weighted by Gasteiger charge is 2.49. The molecule has 0 aliphatic heterocycles. The van der Waals surface area contributed by atoms with E-state index in [1.54, 1.807) is 17.1 Å². The molecule has 0 aromatic heterocycles. The summed E-state index contributed by atoms with van der Waals surface area (Å²) in [6.45, 7) is 12.1. The molecule has 0 aromatic rings. The fourth-order valence-corrected chi connectivity index (χ4v) is 4.37.